The lowest BCUT2D eigenvalue weighted by Gasteiger charge is -2.28. The largest absolute Gasteiger partial charge is 0.352 e. The number of hydrogen-bond acceptors (Lipinski definition) is 3. The van der Waals surface area contributed by atoms with E-state index in [1.807, 2.05) is 24.4 Å². The molecule has 3 rings (SSSR count). The van der Waals surface area contributed by atoms with Gasteiger partial charge in [0.25, 0.3) is 0 Å². The van der Waals surface area contributed by atoms with E-state index in [1.165, 1.54) is 12.8 Å². The van der Waals surface area contributed by atoms with Crippen molar-refractivity contribution < 1.29 is 4.79 Å². The van der Waals surface area contributed by atoms with E-state index in [0.29, 0.717) is 18.6 Å². The Kier molecular flexibility index (Phi) is 3.51. The van der Waals surface area contributed by atoms with Crippen molar-refractivity contribution in [3.63, 3.8) is 0 Å². The lowest BCUT2D eigenvalue weighted by molar-refractivity contribution is -0.123. The molecule has 1 N–H and O–H groups in total. The summed E-state index contributed by atoms with van der Waals surface area (Å²) < 4.78 is 0. The predicted molar refractivity (Wildman–Crippen MR) is 73.5 cm³/mol. The molecule has 1 aromatic heterocycles. The van der Waals surface area contributed by atoms with Gasteiger partial charge in [0.05, 0.1) is 18.3 Å². The van der Waals surface area contributed by atoms with Gasteiger partial charge in [0.2, 0.25) is 5.91 Å². The first-order valence-electron chi connectivity index (χ1n) is 7.20. The van der Waals surface area contributed by atoms with Gasteiger partial charge in [-0.3, -0.25) is 14.7 Å². The maximum Gasteiger partial charge on any atom is 0.234 e. The zero-order valence-corrected chi connectivity index (χ0v) is 11.4. The molecule has 1 heterocycles. The Morgan fingerprint density at radius 1 is 1.42 bits per heavy atom. The molecule has 2 saturated carbocycles. The molecule has 4 heteroatoms. The highest BCUT2D eigenvalue weighted by molar-refractivity contribution is 5.78. The maximum atomic E-state index is 12.0. The third-order valence-corrected chi connectivity index (χ3v) is 3.90. The Morgan fingerprint density at radius 3 is 2.79 bits per heavy atom. The molecule has 1 atom stereocenters. The Hall–Kier alpha value is -1.42. The topological polar surface area (TPSA) is 45.2 Å². The Balaban J connectivity index is 1.64. The van der Waals surface area contributed by atoms with Crippen molar-refractivity contribution in [1.82, 2.24) is 15.2 Å². The van der Waals surface area contributed by atoms with E-state index in [2.05, 4.69) is 22.1 Å². The van der Waals surface area contributed by atoms with E-state index < -0.39 is 0 Å². The second-order valence-corrected chi connectivity index (χ2v) is 5.68. The number of nitrogens with zero attached hydrogens (tertiary/aromatic N) is 2. The zero-order valence-electron chi connectivity index (χ0n) is 11.4. The van der Waals surface area contributed by atoms with Crippen LogP contribution in [-0.2, 0) is 4.79 Å². The molecule has 0 radical (unpaired) electrons. The smallest absolute Gasteiger partial charge is 0.234 e. The van der Waals surface area contributed by atoms with Crippen molar-refractivity contribution >= 4 is 5.91 Å². The van der Waals surface area contributed by atoms with Crippen LogP contribution in [0.25, 0.3) is 0 Å². The molecule has 0 aromatic carbocycles. The molecule has 1 aromatic rings. The molecule has 2 aliphatic carbocycles. The number of carbonyl (C=O) groups is 1. The fraction of sp³-hybridized carbons (Fsp3) is 0.600. The van der Waals surface area contributed by atoms with Gasteiger partial charge in [-0.2, -0.15) is 0 Å². The van der Waals surface area contributed by atoms with E-state index in [4.69, 9.17) is 0 Å². The van der Waals surface area contributed by atoms with Crippen molar-refractivity contribution in [3.8, 4) is 0 Å². The van der Waals surface area contributed by atoms with Gasteiger partial charge >= 0.3 is 0 Å². The van der Waals surface area contributed by atoms with Crippen LogP contribution < -0.4 is 5.32 Å². The first kappa shape index (κ1) is 12.6. The normalized spacial score (nSPS) is 20.3. The van der Waals surface area contributed by atoms with Crippen LogP contribution in [0.15, 0.2) is 24.4 Å². The maximum absolute atomic E-state index is 12.0. The highest BCUT2D eigenvalue weighted by Gasteiger charge is 2.35. The number of nitrogens with one attached hydrogen (secondary N) is 1. The second kappa shape index (κ2) is 5.29. The lowest BCUT2D eigenvalue weighted by atomic mass is 10.1. The van der Waals surface area contributed by atoms with Gasteiger partial charge in [-0.15, -0.1) is 0 Å². The molecule has 0 aliphatic heterocycles. The van der Waals surface area contributed by atoms with Crippen LogP contribution in [0.5, 0.6) is 0 Å². The fourth-order valence-corrected chi connectivity index (χ4v) is 2.45. The molecule has 19 heavy (non-hydrogen) atoms. The summed E-state index contributed by atoms with van der Waals surface area (Å²) in [5.41, 5.74) is 1.05. The highest BCUT2D eigenvalue weighted by Crippen LogP contribution is 2.33. The lowest BCUT2D eigenvalue weighted by Crippen LogP contribution is -2.40. The van der Waals surface area contributed by atoms with Crippen molar-refractivity contribution in [2.24, 2.45) is 0 Å². The van der Waals surface area contributed by atoms with Gasteiger partial charge in [0.15, 0.2) is 0 Å². The van der Waals surface area contributed by atoms with Crippen molar-refractivity contribution in [3.05, 3.63) is 30.1 Å². The van der Waals surface area contributed by atoms with Crippen LogP contribution in [0, 0.1) is 0 Å². The number of amides is 1. The van der Waals surface area contributed by atoms with Crippen LogP contribution in [0.2, 0.25) is 0 Å². The summed E-state index contributed by atoms with van der Waals surface area (Å²) in [7, 11) is 0. The minimum Gasteiger partial charge on any atom is -0.352 e. The first-order valence-corrected chi connectivity index (χ1v) is 7.20. The van der Waals surface area contributed by atoms with Crippen LogP contribution in [0.3, 0.4) is 0 Å². The third kappa shape index (κ3) is 3.32. The number of pyridine rings is 1. The van der Waals surface area contributed by atoms with Gasteiger partial charge < -0.3 is 5.32 Å². The van der Waals surface area contributed by atoms with Gasteiger partial charge in [-0.1, -0.05) is 6.07 Å². The number of carbonyl (C=O) groups excluding carboxylic acids is 1. The van der Waals surface area contributed by atoms with Crippen molar-refractivity contribution in [1.29, 1.82) is 0 Å². The average Bonchev–Trinajstić information content (AvgIpc) is 3.29. The van der Waals surface area contributed by atoms with E-state index in [9.17, 15) is 4.79 Å². The molecular formula is C15H21N3O. The molecule has 102 valence electrons. The minimum absolute atomic E-state index is 0.164. The minimum atomic E-state index is 0.164. The van der Waals surface area contributed by atoms with E-state index in [-0.39, 0.29) is 11.9 Å². The molecular weight excluding hydrogens is 238 g/mol. The van der Waals surface area contributed by atoms with E-state index in [1.54, 1.807) is 0 Å². The highest BCUT2D eigenvalue weighted by atomic mass is 16.2. The van der Waals surface area contributed by atoms with Gasteiger partial charge in [0.1, 0.15) is 0 Å². The summed E-state index contributed by atoms with van der Waals surface area (Å²) in [6.07, 6.45) is 6.51. The zero-order chi connectivity index (χ0) is 13.2. The first-order chi connectivity index (χ1) is 9.24. The average molecular weight is 259 g/mol. The Bertz CT molecular complexity index is 440. The molecule has 0 saturated heterocycles. The molecule has 0 bridgehead atoms. The summed E-state index contributed by atoms with van der Waals surface area (Å²) in [6.45, 7) is 2.64. The Labute approximate surface area is 114 Å². The summed E-state index contributed by atoms with van der Waals surface area (Å²) in [5, 5.41) is 3.07. The van der Waals surface area contributed by atoms with Gasteiger partial charge in [-0.25, -0.2) is 0 Å². The van der Waals surface area contributed by atoms with Crippen LogP contribution in [0.4, 0.5) is 0 Å². The fourth-order valence-electron chi connectivity index (χ4n) is 2.45. The third-order valence-electron chi connectivity index (χ3n) is 3.90. The molecule has 2 fully saturated rings. The standard InChI is InChI=1S/C15H21N3O/c1-11(14-4-2-3-9-16-14)18(13-7-8-13)10-15(19)17-12-5-6-12/h2-4,9,11-13H,5-8,10H2,1H3,(H,17,19). The molecule has 4 nitrogen and oxygen atoms in total. The summed E-state index contributed by atoms with van der Waals surface area (Å²) in [6, 6.07) is 7.18. The second-order valence-electron chi connectivity index (χ2n) is 5.68. The predicted octanol–water partition coefficient (Wildman–Crippen LogP) is 1.89. The number of aromatic nitrogens is 1. The van der Waals surface area contributed by atoms with Crippen LogP contribution in [-0.4, -0.2) is 34.4 Å². The van der Waals surface area contributed by atoms with Crippen LogP contribution >= 0.6 is 0 Å². The Morgan fingerprint density at radius 2 is 2.21 bits per heavy atom. The van der Waals surface area contributed by atoms with E-state index in [0.717, 1.165) is 18.5 Å². The molecule has 1 unspecified atom stereocenters. The summed E-state index contributed by atoms with van der Waals surface area (Å²) in [5.74, 6) is 0.164. The number of hydrogen-bond donors (Lipinski definition) is 1. The van der Waals surface area contributed by atoms with Crippen molar-refractivity contribution in [2.45, 2.75) is 50.7 Å². The summed E-state index contributed by atoms with van der Waals surface area (Å²) in [4.78, 5) is 18.7. The van der Waals surface area contributed by atoms with Gasteiger partial charge in [0, 0.05) is 18.3 Å². The van der Waals surface area contributed by atoms with E-state index >= 15 is 0 Å². The quantitative estimate of drug-likeness (QED) is 0.848. The molecule has 0 spiro atoms. The molecule has 1 amide bonds. The summed E-state index contributed by atoms with van der Waals surface area (Å²) >= 11 is 0. The molecule has 2 aliphatic rings. The van der Waals surface area contributed by atoms with Crippen molar-refractivity contribution in [2.75, 3.05) is 6.54 Å². The van der Waals surface area contributed by atoms with Crippen LogP contribution in [0.1, 0.15) is 44.3 Å². The monoisotopic (exact) mass is 259 g/mol. The SMILES string of the molecule is CC(c1ccccn1)N(CC(=O)NC1CC1)C1CC1. The van der Waals surface area contributed by atoms with Gasteiger partial charge in [-0.05, 0) is 44.7 Å². The number of rotatable bonds is 6.